The SMILES string of the molecule is Cn1c(CN2CCN(CC(=O)Nc3cccc([N+](=O)[O-])c3)CC2)nc2ccccc21. The molecule has 9 nitrogen and oxygen atoms in total. The van der Waals surface area contributed by atoms with Crippen LogP contribution in [0.3, 0.4) is 0 Å². The van der Waals surface area contributed by atoms with Crippen molar-refractivity contribution in [3.05, 3.63) is 64.5 Å². The van der Waals surface area contributed by atoms with E-state index in [-0.39, 0.29) is 18.1 Å². The molecule has 3 aromatic rings. The van der Waals surface area contributed by atoms with Gasteiger partial charge < -0.3 is 9.88 Å². The molecule has 0 aliphatic carbocycles. The standard InChI is InChI=1S/C21H24N6O3/c1-24-19-8-3-2-7-18(19)23-20(24)14-25-9-11-26(12-10-25)15-21(28)22-16-5-4-6-17(13-16)27(29)30/h2-8,13H,9-12,14-15H2,1H3,(H,22,28). The molecule has 1 N–H and O–H groups in total. The smallest absolute Gasteiger partial charge is 0.271 e. The number of hydrogen-bond acceptors (Lipinski definition) is 6. The molecule has 30 heavy (non-hydrogen) atoms. The normalized spacial score (nSPS) is 15.4. The molecule has 1 aliphatic rings. The minimum absolute atomic E-state index is 0.0386. The Morgan fingerprint density at radius 3 is 2.57 bits per heavy atom. The molecule has 0 bridgehead atoms. The first-order chi connectivity index (χ1) is 14.5. The lowest BCUT2D eigenvalue weighted by atomic mass is 10.2. The molecule has 156 valence electrons. The Bertz CT molecular complexity index is 1070. The van der Waals surface area contributed by atoms with Gasteiger partial charge in [0.1, 0.15) is 5.82 Å². The summed E-state index contributed by atoms with van der Waals surface area (Å²) in [7, 11) is 2.04. The molecule has 2 aromatic carbocycles. The van der Waals surface area contributed by atoms with Crippen LogP contribution in [0.25, 0.3) is 11.0 Å². The molecule has 0 atom stereocenters. The van der Waals surface area contributed by atoms with Crippen molar-refractivity contribution in [3.8, 4) is 0 Å². The fraction of sp³-hybridized carbons (Fsp3) is 0.333. The van der Waals surface area contributed by atoms with Gasteiger partial charge in [-0.3, -0.25) is 24.7 Å². The maximum atomic E-state index is 12.3. The number of nitro benzene ring substituents is 1. The van der Waals surface area contributed by atoms with Crippen molar-refractivity contribution in [2.24, 2.45) is 7.05 Å². The number of carbonyl (C=O) groups excluding carboxylic acids is 1. The third kappa shape index (κ3) is 4.47. The Morgan fingerprint density at radius 2 is 1.83 bits per heavy atom. The Balaban J connectivity index is 1.28. The lowest BCUT2D eigenvalue weighted by molar-refractivity contribution is -0.384. The van der Waals surface area contributed by atoms with E-state index in [1.54, 1.807) is 12.1 Å². The number of nitro groups is 1. The van der Waals surface area contributed by atoms with Crippen LogP contribution in [0, 0.1) is 10.1 Å². The molecular weight excluding hydrogens is 384 g/mol. The number of rotatable bonds is 6. The van der Waals surface area contributed by atoms with Gasteiger partial charge in [0.2, 0.25) is 5.91 Å². The first-order valence-corrected chi connectivity index (χ1v) is 9.89. The summed E-state index contributed by atoms with van der Waals surface area (Å²) in [6, 6.07) is 14.1. The number of anilines is 1. The predicted octanol–water partition coefficient (Wildman–Crippen LogP) is 2.24. The number of para-hydroxylation sites is 2. The Labute approximate surface area is 174 Å². The first kappa shape index (κ1) is 20.0. The van der Waals surface area contributed by atoms with Crippen LogP contribution in [-0.2, 0) is 18.4 Å². The Morgan fingerprint density at radius 1 is 1.10 bits per heavy atom. The van der Waals surface area contributed by atoms with Gasteiger partial charge in [0.05, 0.1) is 29.0 Å². The number of hydrogen-bond donors (Lipinski definition) is 1. The van der Waals surface area contributed by atoms with Crippen LogP contribution in [-0.4, -0.2) is 62.9 Å². The summed E-state index contributed by atoms with van der Waals surface area (Å²) >= 11 is 0. The minimum atomic E-state index is -0.473. The monoisotopic (exact) mass is 408 g/mol. The van der Waals surface area contributed by atoms with Gasteiger partial charge in [0.25, 0.3) is 5.69 Å². The van der Waals surface area contributed by atoms with Crippen LogP contribution in [0.4, 0.5) is 11.4 Å². The molecule has 1 aliphatic heterocycles. The van der Waals surface area contributed by atoms with Crippen LogP contribution in [0.5, 0.6) is 0 Å². The van der Waals surface area contributed by atoms with Gasteiger partial charge in [0.15, 0.2) is 0 Å². The zero-order valence-electron chi connectivity index (χ0n) is 16.8. The number of piperazine rings is 1. The Kier molecular flexibility index (Phi) is 5.73. The van der Waals surface area contributed by atoms with E-state index in [1.807, 2.05) is 25.2 Å². The minimum Gasteiger partial charge on any atom is -0.330 e. The van der Waals surface area contributed by atoms with Crippen molar-refractivity contribution in [1.82, 2.24) is 19.4 Å². The summed E-state index contributed by atoms with van der Waals surface area (Å²) in [5.74, 6) is 0.868. The number of aryl methyl sites for hydroxylation is 1. The van der Waals surface area contributed by atoms with Crippen molar-refractivity contribution in [2.75, 3.05) is 38.0 Å². The number of aromatic nitrogens is 2. The number of carbonyl (C=O) groups is 1. The molecule has 1 amide bonds. The second-order valence-electron chi connectivity index (χ2n) is 7.48. The number of nitrogens with zero attached hydrogens (tertiary/aromatic N) is 5. The van der Waals surface area contributed by atoms with Gasteiger partial charge in [-0.15, -0.1) is 0 Å². The van der Waals surface area contributed by atoms with Gasteiger partial charge in [0, 0.05) is 51.0 Å². The quantitative estimate of drug-likeness (QED) is 0.496. The highest BCUT2D eigenvalue weighted by Crippen LogP contribution is 2.18. The van der Waals surface area contributed by atoms with E-state index >= 15 is 0 Å². The summed E-state index contributed by atoms with van der Waals surface area (Å²) in [5, 5.41) is 13.6. The highest BCUT2D eigenvalue weighted by molar-refractivity contribution is 5.92. The van der Waals surface area contributed by atoms with Crippen molar-refractivity contribution >= 4 is 28.3 Å². The lowest BCUT2D eigenvalue weighted by Crippen LogP contribution is -2.48. The lowest BCUT2D eigenvalue weighted by Gasteiger charge is -2.34. The van der Waals surface area contributed by atoms with Crippen LogP contribution in [0.2, 0.25) is 0 Å². The zero-order valence-corrected chi connectivity index (χ0v) is 16.8. The third-order valence-electron chi connectivity index (χ3n) is 5.42. The zero-order chi connectivity index (χ0) is 21.1. The molecule has 0 spiro atoms. The van der Waals surface area contributed by atoms with E-state index in [4.69, 9.17) is 4.98 Å². The summed E-state index contributed by atoms with van der Waals surface area (Å²) in [5.41, 5.74) is 2.54. The van der Waals surface area contributed by atoms with E-state index in [9.17, 15) is 14.9 Å². The summed E-state index contributed by atoms with van der Waals surface area (Å²) in [6.45, 7) is 4.32. The van der Waals surface area contributed by atoms with E-state index in [1.165, 1.54) is 12.1 Å². The fourth-order valence-corrected chi connectivity index (χ4v) is 3.74. The highest BCUT2D eigenvalue weighted by atomic mass is 16.6. The summed E-state index contributed by atoms with van der Waals surface area (Å²) < 4.78 is 2.13. The summed E-state index contributed by atoms with van der Waals surface area (Å²) in [4.78, 5) is 31.9. The number of fused-ring (bicyclic) bond motifs is 1. The first-order valence-electron chi connectivity index (χ1n) is 9.89. The molecule has 0 radical (unpaired) electrons. The number of nitrogens with one attached hydrogen (secondary N) is 1. The molecule has 1 saturated heterocycles. The summed E-state index contributed by atoms with van der Waals surface area (Å²) in [6.07, 6.45) is 0. The van der Waals surface area contributed by atoms with Crippen molar-refractivity contribution in [1.29, 1.82) is 0 Å². The maximum Gasteiger partial charge on any atom is 0.271 e. The van der Waals surface area contributed by atoms with Gasteiger partial charge in [-0.25, -0.2) is 4.98 Å². The van der Waals surface area contributed by atoms with Gasteiger partial charge >= 0.3 is 0 Å². The second-order valence-corrected chi connectivity index (χ2v) is 7.48. The van der Waals surface area contributed by atoms with Gasteiger partial charge in [-0.2, -0.15) is 0 Å². The molecule has 2 heterocycles. The van der Waals surface area contributed by atoms with E-state index in [2.05, 4.69) is 25.8 Å². The number of benzene rings is 2. The Hall–Kier alpha value is -3.30. The van der Waals surface area contributed by atoms with Crippen molar-refractivity contribution in [2.45, 2.75) is 6.54 Å². The van der Waals surface area contributed by atoms with Crippen LogP contribution in [0.1, 0.15) is 5.82 Å². The van der Waals surface area contributed by atoms with Crippen LogP contribution >= 0.6 is 0 Å². The van der Waals surface area contributed by atoms with Gasteiger partial charge in [-0.05, 0) is 18.2 Å². The number of imidazole rings is 1. The van der Waals surface area contributed by atoms with Gasteiger partial charge in [-0.1, -0.05) is 18.2 Å². The molecule has 1 fully saturated rings. The van der Waals surface area contributed by atoms with E-state index in [0.717, 1.165) is 49.6 Å². The predicted molar refractivity (Wildman–Crippen MR) is 114 cm³/mol. The second kappa shape index (κ2) is 8.60. The highest BCUT2D eigenvalue weighted by Gasteiger charge is 2.21. The van der Waals surface area contributed by atoms with E-state index < -0.39 is 4.92 Å². The third-order valence-corrected chi connectivity index (χ3v) is 5.42. The molecular formula is C21H24N6O3. The number of non-ortho nitro benzene ring substituents is 1. The molecule has 0 saturated carbocycles. The molecule has 9 heteroatoms. The average Bonchev–Trinajstić information content (AvgIpc) is 3.05. The van der Waals surface area contributed by atoms with Crippen LogP contribution < -0.4 is 5.32 Å². The van der Waals surface area contributed by atoms with Crippen molar-refractivity contribution in [3.63, 3.8) is 0 Å². The van der Waals surface area contributed by atoms with Crippen LogP contribution in [0.15, 0.2) is 48.5 Å². The average molecular weight is 408 g/mol. The fourth-order valence-electron chi connectivity index (χ4n) is 3.74. The molecule has 4 rings (SSSR count). The number of amides is 1. The largest absolute Gasteiger partial charge is 0.330 e. The molecule has 1 aromatic heterocycles. The van der Waals surface area contributed by atoms with Crippen molar-refractivity contribution < 1.29 is 9.72 Å². The maximum absolute atomic E-state index is 12.3. The van der Waals surface area contributed by atoms with E-state index in [0.29, 0.717) is 5.69 Å². The topological polar surface area (TPSA) is 96.5 Å². The molecule has 0 unspecified atom stereocenters.